The smallest absolute Gasteiger partial charge is 0.294 e. The molecule has 4 aromatic carbocycles. The van der Waals surface area contributed by atoms with E-state index in [-0.39, 0.29) is 4.91 Å². The first-order valence-electron chi connectivity index (χ1n) is 11.6. The molecule has 1 N–H and O–H groups in total. The summed E-state index contributed by atoms with van der Waals surface area (Å²) in [6.07, 6.45) is 1.65. The van der Waals surface area contributed by atoms with Crippen molar-refractivity contribution in [1.82, 2.24) is 4.90 Å². The van der Waals surface area contributed by atoms with Crippen molar-refractivity contribution in [3.63, 3.8) is 0 Å². The summed E-state index contributed by atoms with van der Waals surface area (Å²) >= 11 is 12.9. The number of benzene rings is 4. The highest BCUT2D eigenvalue weighted by Gasteiger charge is 2.36. The van der Waals surface area contributed by atoms with Crippen LogP contribution in [-0.2, 0) is 16.2 Å². The standard InChI is InChI=1S/C29H20Cl2N2O4S/c30-20-12-9-18(10-13-20)17-37-25-14-11-19-5-1-2-6-21(19)22(25)15-26-28(35)33(29(36)38-26)16-27(34)32-24-8-4-3-7-23(24)31/h1-15H,16-17H2,(H,32,34)/b26-15+. The third-order valence-electron chi connectivity index (χ3n) is 5.84. The van der Waals surface area contributed by atoms with Crippen LogP contribution in [0.3, 0.4) is 0 Å². The third-order valence-corrected chi connectivity index (χ3v) is 7.33. The molecule has 4 aromatic rings. The molecule has 0 bridgehead atoms. The van der Waals surface area contributed by atoms with Crippen LogP contribution in [0.5, 0.6) is 5.75 Å². The summed E-state index contributed by atoms with van der Waals surface area (Å²) in [7, 11) is 0. The lowest BCUT2D eigenvalue weighted by Crippen LogP contribution is -2.36. The van der Waals surface area contributed by atoms with Gasteiger partial charge in [-0.05, 0) is 64.5 Å². The molecular formula is C29H20Cl2N2O4S. The van der Waals surface area contributed by atoms with Crippen molar-refractivity contribution in [2.24, 2.45) is 0 Å². The van der Waals surface area contributed by atoms with Gasteiger partial charge in [0.05, 0.1) is 15.6 Å². The average molecular weight is 563 g/mol. The second kappa shape index (κ2) is 11.3. The first kappa shape index (κ1) is 25.9. The molecule has 0 aliphatic carbocycles. The number of fused-ring (bicyclic) bond motifs is 1. The Morgan fingerprint density at radius 1 is 0.921 bits per heavy atom. The number of para-hydroxylation sites is 1. The minimum atomic E-state index is -0.550. The predicted molar refractivity (Wildman–Crippen MR) is 152 cm³/mol. The van der Waals surface area contributed by atoms with Crippen LogP contribution in [0.25, 0.3) is 16.8 Å². The van der Waals surface area contributed by atoms with Gasteiger partial charge in [-0.25, -0.2) is 0 Å². The highest BCUT2D eigenvalue weighted by atomic mass is 35.5. The number of amides is 3. The van der Waals surface area contributed by atoms with Crippen LogP contribution in [0.15, 0.2) is 89.8 Å². The molecule has 1 saturated heterocycles. The number of thioether (sulfide) groups is 1. The molecule has 1 heterocycles. The topological polar surface area (TPSA) is 75.7 Å². The molecule has 1 aliphatic heterocycles. The second-order valence-electron chi connectivity index (χ2n) is 8.41. The maximum absolute atomic E-state index is 13.2. The lowest BCUT2D eigenvalue weighted by Gasteiger charge is -2.14. The van der Waals surface area contributed by atoms with Gasteiger partial charge in [-0.2, -0.15) is 0 Å². The van der Waals surface area contributed by atoms with E-state index in [0.717, 1.165) is 33.0 Å². The molecule has 5 rings (SSSR count). The van der Waals surface area contributed by atoms with Gasteiger partial charge in [-0.3, -0.25) is 19.3 Å². The van der Waals surface area contributed by atoms with Crippen molar-refractivity contribution in [3.8, 4) is 5.75 Å². The first-order chi connectivity index (χ1) is 18.4. The highest BCUT2D eigenvalue weighted by molar-refractivity contribution is 8.18. The fourth-order valence-corrected chi connectivity index (χ4v) is 5.08. The number of hydrogen-bond acceptors (Lipinski definition) is 5. The minimum Gasteiger partial charge on any atom is -0.488 e. The summed E-state index contributed by atoms with van der Waals surface area (Å²) in [6, 6.07) is 25.6. The number of rotatable bonds is 7. The Morgan fingerprint density at radius 3 is 2.45 bits per heavy atom. The Hall–Kier alpha value is -3.78. The van der Waals surface area contributed by atoms with Crippen LogP contribution in [0.4, 0.5) is 10.5 Å². The Labute approximate surface area is 233 Å². The fraction of sp³-hybridized carbons (Fsp3) is 0.0690. The number of carbonyl (C=O) groups is 3. The van der Waals surface area contributed by atoms with Crippen molar-refractivity contribution in [3.05, 3.63) is 111 Å². The van der Waals surface area contributed by atoms with Crippen LogP contribution in [0, 0.1) is 0 Å². The van der Waals surface area contributed by atoms with E-state index in [1.165, 1.54) is 0 Å². The van der Waals surface area contributed by atoms with Gasteiger partial charge in [-0.15, -0.1) is 0 Å². The SMILES string of the molecule is O=C(CN1C(=O)S/C(=C/c2c(OCc3ccc(Cl)cc3)ccc3ccccc23)C1=O)Nc1ccccc1Cl. The molecule has 1 aliphatic rings. The number of halogens is 2. The molecule has 0 saturated carbocycles. The van der Waals surface area contributed by atoms with Gasteiger partial charge in [-0.1, -0.05) is 77.8 Å². The van der Waals surface area contributed by atoms with Crippen molar-refractivity contribution < 1.29 is 19.1 Å². The van der Waals surface area contributed by atoms with Crippen LogP contribution in [-0.4, -0.2) is 28.5 Å². The summed E-state index contributed by atoms with van der Waals surface area (Å²) in [6.45, 7) is -0.136. The van der Waals surface area contributed by atoms with E-state index in [2.05, 4.69) is 5.32 Å². The molecule has 3 amide bonds. The first-order valence-corrected chi connectivity index (χ1v) is 13.1. The Morgan fingerprint density at radius 2 is 1.66 bits per heavy atom. The van der Waals surface area contributed by atoms with Gasteiger partial charge in [0.15, 0.2) is 0 Å². The van der Waals surface area contributed by atoms with Gasteiger partial charge in [0.1, 0.15) is 18.9 Å². The number of nitrogens with zero attached hydrogens (tertiary/aromatic N) is 1. The zero-order chi connectivity index (χ0) is 26.6. The fourth-order valence-electron chi connectivity index (χ4n) is 3.96. The Balaban J connectivity index is 1.40. The molecule has 190 valence electrons. The predicted octanol–water partition coefficient (Wildman–Crippen LogP) is 7.40. The molecule has 0 radical (unpaired) electrons. The van der Waals surface area contributed by atoms with Gasteiger partial charge >= 0.3 is 0 Å². The molecule has 0 unspecified atom stereocenters. The molecule has 6 nitrogen and oxygen atoms in total. The largest absolute Gasteiger partial charge is 0.488 e. The van der Waals surface area contributed by atoms with Crippen molar-refractivity contribution in [2.45, 2.75) is 6.61 Å². The van der Waals surface area contributed by atoms with Crippen molar-refractivity contribution in [2.75, 3.05) is 11.9 Å². The molecule has 0 aromatic heterocycles. The van der Waals surface area contributed by atoms with Crippen LogP contribution >= 0.6 is 35.0 Å². The number of nitrogens with one attached hydrogen (secondary N) is 1. The lowest BCUT2D eigenvalue weighted by atomic mass is 10.0. The highest BCUT2D eigenvalue weighted by Crippen LogP contribution is 2.37. The zero-order valence-corrected chi connectivity index (χ0v) is 22.1. The summed E-state index contributed by atoms with van der Waals surface area (Å²) in [5.41, 5.74) is 2.00. The summed E-state index contributed by atoms with van der Waals surface area (Å²) in [5.74, 6) is -0.522. The van der Waals surface area contributed by atoms with E-state index < -0.39 is 23.6 Å². The van der Waals surface area contributed by atoms with Gasteiger partial charge in [0, 0.05) is 10.6 Å². The van der Waals surface area contributed by atoms with E-state index >= 15 is 0 Å². The molecule has 0 spiro atoms. The minimum absolute atomic E-state index is 0.202. The van der Waals surface area contributed by atoms with Crippen molar-refractivity contribution >= 4 is 74.6 Å². The van der Waals surface area contributed by atoms with Crippen LogP contribution in [0.2, 0.25) is 10.0 Å². The summed E-state index contributed by atoms with van der Waals surface area (Å²) in [5, 5.41) is 4.92. The quantitative estimate of drug-likeness (QED) is 0.237. The van der Waals surface area contributed by atoms with Gasteiger partial charge < -0.3 is 10.1 Å². The normalized spacial score (nSPS) is 14.4. The van der Waals surface area contributed by atoms with Crippen LogP contribution in [0.1, 0.15) is 11.1 Å². The van der Waals surface area contributed by atoms with Gasteiger partial charge in [0.2, 0.25) is 5.91 Å². The molecule has 9 heteroatoms. The summed E-state index contributed by atoms with van der Waals surface area (Å²) < 4.78 is 6.13. The van der Waals surface area contributed by atoms with E-state index in [0.29, 0.717) is 33.7 Å². The number of carbonyl (C=O) groups excluding carboxylic acids is 3. The number of anilines is 1. The molecule has 1 fully saturated rings. The van der Waals surface area contributed by atoms with E-state index in [1.807, 2.05) is 48.5 Å². The van der Waals surface area contributed by atoms with Gasteiger partial charge in [0.25, 0.3) is 11.1 Å². The maximum atomic E-state index is 13.2. The summed E-state index contributed by atoms with van der Waals surface area (Å²) in [4.78, 5) is 39.6. The molecular weight excluding hydrogens is 543 g/mol. The number of ether oxygens (including phenoxy) is 1. The van der Waals surface area contributed by atoms with E-state index in [4.69, 9.17) is 27.9 Å². The monoisotopic (exact) mass is 562 g/mol. The van der Waals surface area contributed by atoms with E-state index in [1.54, 1.807) is 42.5 Å². The average Bonchev–Trinajstić information content (AvgIpc) is 3.17. The Kier molecular flexibility index (Phi) is 7.69. The van der Waals surface area contributed by atoms with E-state index in [9.17, 15) is 14.4 Å². The second-order valence-corrected chi connectivity index (χ2v) is 10.2. The zero-order valence-electron chi connectivity index (χ0n) is 19.8. The van der Waals surface area contributed by atoms with Crippen LogP contribution < -0.4 is 10.1 Å². The van der Waals surface area contributed by atoms with Crippen molar-refractivity contribution in [1.29, 1.82) is 0 Å². The Bertz CT molecular complexity index is 1590. The number of hydrogen-bond donors (Lipinski definition) is 1. The lowest BCUT2D eigenvalue weighted by molar-refractivity contribution is -0.127. The molecule has 0 atom stereocenters. The maximum Gasteiger partial charge on any atom is 0.294 e. The molecule has 38 heavy (non-hydrogen) atoms. The number of imide groups is 1. The third kappa shape index (κ3) is 5.70.